The second kappa shape index (κ2) is 8.83. The lowest BCUT2D eigenvalue weighted by atomic mass is 10.1. The lowest BCUT2D eigenvalue weighted by Gasteiger charge is -2.09. The number of para-hydroxylation sites is 1. The fraction of sp³-hybridized carbons (Fsp3) is 0.0833. The number of ether oxygens (including phenoxy) is 1. The van der Waals surface area contributed by atoms with Crippen molar-refractivity contribution in [2.24, 2.45) is 0 Å². The third-order valence-electron chi connectivity index (χ3n) is 5.42. The van der Waals surface area contributed by atoms with Crippen LogP contribution in [0.5, 0.6) is 11.5 Å². The molecule has 36 heavy (non-hydrogen) atoms. The van der Waals surface area contributed by atoms with Crippen LogP contribution >= 0.6 is 0 Å². The summed E-state index contributed by atoms with van der Waals surface area (Å²) in [6.07, 6.45) is 0. The van der Waals surface area contributed by atoms with Crippen molar-refractivity contribution in [1.82, 2.24) is 9.78 Å². The van der Waals surface area contributed by atoms with Gasteiger partial charge in [0.2, 0.25) is 5.91 Å². The van der Waals surface area contributed by atoms with Crippen molar-refractivity contribution < 1.29 is 23.8 Å². The minimum absolute atomic E-state index is 0.123. The van der Waals surface area contributed by atoms with E-state index >= 15 is 0 Å². The van der Waals surface area contributed by atoms with Crippen molar-refractivity contribution in [3.8, 4) is 11.5 Å². The Kier molecular flexibility index (Phi) is 5.53. The van der Waals surface area contributed by atoms with Crippen LogP contribution in [0.25, 0.3) is 21.9 Å². The number of aryl methyl sites for hydroxylation is 1. The molecular weight excluding hydrogens is 470 g/mol. The van der Waals surface area contributed by atoms with Gasteiger partial charge >= 0.3 is 5.82 Å². The second-order valence-corrected chi connectivity index (χ2v) is 7.94. The molecule has 5 rings (SSSR count). The largest absolute Gasteiger partial charge is 0.457 e. The number of hydrogen-bond acceptors (Lipinski definition) is 8. The van der Waals surface area contributed by atoms with Crippen LogP contribution in [0.2, 0.25) is 0 Å². The minimum Gasteiger partial charge on any atom is -0.457 e. The van der Waals surface area contributed by atoms with Gasteiger partial charge in [-0.3, -0.25) is 14.9 Å². The number of non-ortho nitro benzene ring substituents is 1. The SMILES string of the molecule is Cc1cc([N+](=O)[O-])nn1CC(=O)Nc1cc(Oc2ccc3oc4ccccc4c3c2)cc([N+](=O)[O-])c1. The van der Waals surface area contributed by atoms with Crippen LogP contribution in [-0.4, -0.2) is 25.5 Å². The van der Waals surface area contributed by atoms with E-state index in [1.165, 1.54) is 28.9 Å². The van der Waals surface area contributed by atoms with Gasteiger partial charge in [-0.05, 0) is 36.1 Å². The molecule has 1 amide bonds. The van der Waals surface area contributed by atoms with E-state index < -0.39 is 15.8 Å². The number of carbonyl (C=O) groups is 1. The van der Waals surface area contributed by atoms with Crippen LogP contribution < -0.4 is 10.1 Å². The number of hydrogen-bond donors (Lipinski definition) is 1. The molecule has 0 fully saturated rings. The lowest BCUT2D eigenvalue weighted by Crippen LogP contribution is -2.20. The molecule has 0 atom stereocenters. The predicted molar refractivity (Wildman–Crippen MR) is 129 cm³/mol. The van der Waals surface area contributed by atoms with E-state index in [0.29, 0.717) is 17.0 Å². The maximum atomic E-state index is 12.5. The maximum Gasteiger partial charge on any atom is 0.390 e. The van der Waals surface area contributed by atoms with Gasteiger partial charge < -0.3 is 24.6 Å². The number of nitrogens with one attached hydrogen (secondary N) is 1. The van der Waals surface area contributed by atoms with Crippen molar-refractivity contribution in [1.29, 1.82) is 0 Å². The van der Waals surface area contributed by atoms with E-state index in [9.17, 15) is 25.0 Å². The summed E-state index contributed by atoms with van der Waals surface area (Å²) in [5.41, 5.74) is 1.65. The summed E-state index contributed by atoms with van der Waals surface area (Å²) in [4.78, 5) is 33.7. The molecule has 0 aliphatic heterocycles. The van der Waals surface area contributed by atoms with Gasteiger partial charge in [0.25, 0.3) is 5.69 Å². The average Bonchev–Trinajstić information content (AvgIpc) is 3.39. The number of amides is 1. The molecule has 12 nitrogen and oxygen atoms in total. The first kappa shape index (κ1) is 22.5. The zero-order valence-electron chi connectivity index (χ0n) is 18.7. The van der Waals surface area contributed by atoms with Gasteiger partial charge in [-0.25, -0.2) is 0 Å². The minimum atomic E-state index is -0.657. The number of carbonyl (C=O) groups excluding carboxylic acids is 1. The molecule has 2 aromatic heterocycles. The van der Waals surface area contributed by atoms with Crippen LogP contribution in [0.15, 0.2) is 71.1 Å². The van der Waals surface area contributed by atoms with E-state index in [0.717, 1.165) is 16.4 Å². The summed E-state index contributed by atoms with van der Waals surface area (Å²) in [6, 6.07) is 17.9. The smallest absolute Gasteiger partial charge is 0.390 e. The highest BCUT2D eigenvalue weighted by Gasteiger charge is 2.19. The first-order valence-corrected chi connectivity index (χ1v) is 10.6. The summed E-state index contributed by atoms with van der Waals surface area (Å²) in [6.45, 7) is 1.26. The summed E-state index contributed by atoms with van der Waals surface area (Å²) >= 11 is 0. The fourth-order valence-electron chi connectivity index (χ4n) is 3.80. The Labute approximate surface area is 202 Å². The van der Waals surface area contributed by atoms with Gasteiger partial charge in [0, 0.05) is 22.9 Å². The van der Waals surface area contributed by atoms with Crippen molar-refractivity contribution in [2.75, 3.05) is 5.32 Å². The monoisotopic (exact) mass is 487 g/mol. The number of rotatable bonds is 7. The van der Waals surface area contributed by atoms with Gasteiger partial charge in [0.05, 0.1) is 33.5 Å². The summed E-state index contributed by atoms with van der Waals surface area (Å²) < 4.78 is 12.9. The Hall–Kier alpha value is -5.26. The quantitative estimate of drug-likeness (QED) is 0.238. The average molecular weight is 487 g/mol. The van der Waals surface area contributed by atoms with Gasteiger partial charge in [-0.15, -0.1) is 0 Å². The third kappa shape index (κ3) is 4.42. The molecule has 0 aliphatic carbocycles. The first-order valence-electron chi connectivity index (χ1n) is 10.6. The van der Waals surface area contributed by atoms with E-state index in [4.69, 9.17) is 9.15 Å². The molecule has 0 spiro atoms. The summed E-state index contributed by atoms with van der Waals surface area (Å²) in [5, 5.41) is 30.4. The highest BCUT2D eigenvalue weighted by Crippen LogP contribution is 2.34. The molecule has 5 aromatic rings. The van der Waals surface area contributed by atoms with Gasteiger partial charge in [0.15, 0.2) is 0 Å². The summed E-state index contributed by atoms with van der Waals surface area (Å²) in [5.74, 6) is -0.397. The first-order chi connectivity index (χ1) is 17.3. The fourth-order valence-corrected chi connectivity index (χ4v) is 3.80. The maximum absolute atomic E-state index is 12.5. The van der Waals surface area contributed by atoms with Gasteiger partial charge in [-0.1, -0.05) is 18.2 Å². The van der Waals surface area contributed by atoms with E-state index in [-0.39, 0.29) is 29.5 Å². The van der Waals surface area contributed by atoms with E-state index in [1.807, 2.05) is 24.3 Å². The highest BCUT2D eigenvalue weighted by atomic mass is 16.6. The van der Waals surface area contributed by atoms with Crippen LogP contribution in [0, 0.1) is 27.2 Å². The molecule has 0 aliphatic rings. The molecule has 2 heterocycles. The van der Waals surface area contributed by atoms with Gasteiger partial charge in [-0.2, -0.15) is 4.68 Å². The van der Waals surface area contributed by atoms with Crippen LogP contribution in [0.1, 0.15) is 5.69 Å². The lowest BCUT2D eigenvalue weighted by molar-refractivity contribution is -0.389. The van der Waals surface area contributed by atoms with Crippen molar-refractivity contribution in [2.45, 2.75) is 13.5 Å². The number of nitrogens with zero attached hydrogens (tertiary/aromatic N) is 4. The molecule has 0 radical (unpaired) electrons. The Morgan fingerprint density at radius 1 is 0.972 bits per heavy atom. The standard InChI is InChI=1S/C24H17N5O7/c1-14-8-23(29(33)34)26-27(14)13-24(30)25-15-9-16(28(31)32)11-18(10-15)35-17-6-7-22-20(12-17)19-4-2-3-5-21(19)36-22/h2-12H,13H2,1H3,(H,25,30). The van der Waals surface area contributed by atoms with Crippen molar-refractivity contribution >= 4 is 45.0 Å². The molecule has 0 bridgehead atoms. The Morgan fingerprint density at radius 3 is 2.50 bits per heavy atom. The molecule has 0 saturated heterocycles. The number of nitro benzene ring substituents is 1. The Morgan fingerprint density at radius 2 is 1.75 bits per heavy atom. The predicted octanol–water partition coefficient (Wildman–Crippen LogP) is 5.34. The molecule has 0 saturated carbocycles. The molecule has 3 aromatic carbocycles. The number of furan rings is 1. The van der Waals surface area contributed by atoms with Crippen molar-refractivity contribution in [3.63, 3.8) is 0 Å². The number of anilines is 1. The van der Waals surface area contributed by atoms with Crippen LogP contribution in [0.3, 0.4) is 0 Å². The van der Waals surface area contributed by atoms with Crippen molar-refractivity contribution in [3.05, 3.63) is 92.7 Å². The molecule has 1 N–H and O–H groups in total. The third-order valence-corrected chi connectivity index (χ3v) is 5.42. The van der Waals surface area contributed by atoms with Gasteiger partial charge in [0.1, 0.15) is 29.2 Å². The zero-order valence-corrected chi connectivity index (χ0v) is 18.7. The molecule has 180 valence electrons. The number of fused-ring (bicyclic) bond motifs is 3. The van der Waals surface area contributed by atoms with Crippen LogP contribution in [0.4, 0.5) is 17.2 Å². The normalized spacial score (nSPS) is 11.0. The summed E-state index contributed by atoms with van der Waals surface area (Å²) in [7, 11) is 0. The highest BCUT2D eigenvalue weighted by molar-refractivity contribution is 6.05. The Bertz CT molecular complexity index is 1670. The number of benzene rings is 3. The van der Waals surface area contributed by atoms with E-state index in [1.54, 1.807) is 25.1 Å². The molecule has 0 unspecified atom stereocenters. The van der Waals surface area contributed by atoms with E-state index in [2.05, 4.69) is 10.4 Å². The number of nitro groups is 2. The Balaban J connectivity index is 1.40. The van der Waals surface area contributed by atoms with Crippen LogP contribution in [-0.2, 0) is 11.3 Å². The molecular formula is C24H17N5O7. The second-order valence-electron chi connectivity index (χ2n) is 7.94. The topological polar surface area (TPSA) is 156 Å². The molecule has 12 heteroatoms. The zero-order chi connectivity index (χ0) is 25.4. The number of aromatic nitrogens is 2.